The van der Waals surface area contributed by atoms with Crippen LogP contribution in [0.2, 0.25) is 0 Å². The first kappa shape index (κ1) is 13.0. The van der Waals surface area contributed by atoms with E-state index in [1.165, 1.54) is 12.0 Å². The third kappa shape index (κ3) is 2.87. The highest BCUT2D eigenvalue weighted by Gasteiger charge is 2.27. The second kappa shape index (κ2) is 5.94. The maximum atomic E-state index is 2.47. The van der Waals surface area contributed by atoms with Crippen LogP contribution in [0.3, 0.4) is 0 Å². The van der Waals surface area contributed by atoms with E-state index in [2.05, 4.69) is 73.3 Å². The summed E-state index contributed by atoms with van der Waals surface area (Å²) in [4.78, 5) is 4.93. The summed E-state index contributed by atoms with van der Waals surface area (Å²) in [5, 5.41) is 0. The summed E-state index contributed by atoms with van der Waals surface area (Å²) in [6.07, 6.45) is 7.26. The van der Waals surface area contributed by atoms with Crippen LogP contribution in [0.4, 0.5) is 0 Å². The normalized spacial score (nSPS) is 19.0. The van der Waals surface area contributed by atoms with Crippen LogP contribution >= 0.6 is 0 Å². The van der Waals surface area contributed by atoms with Crippen LogP contribution in [0.15, 0.2) is 42.7 Å². The molecule has 1 heterocycles. The van der Waals surface area contributed by atoms with Crippen molar-refractivity contribution in [1.29, 1.82) is 0 Å². The van der Waals surface area contributed by atoms with Gasteiger partial charge in [0.2, 0.25) is 0 Å². The minimum atomic E-state index is 0.479. The maximum absolute atomic E-state index is 2.47. The molecule has 1 aromatic carbocycles. The molecule has 2 rings (SSSR count). The Kier molecular flexibility index (Phi) is 4.29. The van der Waals surface area contributed by atoms with Crippen LogP contribution < -0.4 is 0 Å². The van der Waals surface area contributed by atoms with E-state index in [0.717, 1.165) is 13.0 Å². The van der Waals surface area contributed by atoms with Gasteiger partial charge in [-0.2, -0.15) is 0 Å². The summed E-state index contributed by atoms with van der Waals surface area (Å²) in [5.41, 5.74) is 1.41. The predicted octanol–water partition coefficient (Wildman–Crippen LogP) is 3.46. The van der Waals surface area contributed by atoms with Crippen molar-refractivity contribution in [2.75, 3.05) is 6.54 Å². The second-order valence-corrected chi connectivity index (χ2v) is 5.25. The molecule has 0 amide bonds. The number of benzene rings is 1. The molecule has 1 aliphatic rings. The van der Waals surface area contributed by atoms with Gasteiger partial charge in [0.15, 0.2) is 0 Å². The predicted molar refractivity (Wildman–Crippen MR) is 77.0 cm³/mol. The highest BCUT2D eigenvalue weighted by molar-refractivity contribution is 5.17. The molecule has 1 aliphatic heterocycles. The monoisotopic (exact) mass is 244 g/mol. The zero-order chi connectivity index (χ0) is 13.0. The fourth-order valence-electron chi connectivity index (χ4n) is 2.58. The molecular formula is C16H24N2. The highest BCUT2D eigenvalue weighted by Crippen LogP contribution is 2.22. The van der Waals surface area contributed by atoms with Crippen molar-refractivity contribution >= 4 is 0 Å². The summed E-state index contributed by atoms with van der Waals surface area (Å²) in [6, 6.07) is 11.3. The topological polar surface area (TPSA) is 6.48 Å². The summed E-state index contributed by atoms with van der Waals surface area (Å²) in [5.74, 6) is 0. The van der Waals surface area contributed by atoms with Gasteiger partial charge >= 0.3 is 0 Å². The van der Waals surface area contributed by atoms with E-state index >= 15 is 0 Å². The van der Waals surface area contributed by atoms with E-state index in [-0.39, 0.29) is 0 Å². The zero-order valence-electron chi connectivity index (χ0n) is 11.7. The molecule has 98 valence electrons. The lowest BCUT2D eigenvalue weighted by molar-refractivity contribution is 0.126. The Bertz CT molecular complexity index is 383. The fourth-order valence-corrected chi connectivity index (χ4v) is 2.58. The van der Waals surface area contributed by atoms with Gasteiger partial charge in [0.1, 0.15) is 6.17 Å². The van der Waals surface area contributed by atoms with E-state index < -0.39 is 0 Å². The summed E-state index contributed by atoms with van der Waals surface area (Å²) in [7, 11) is 0. The summed E-state index contributed by atoms with van der Waals surface area (Å²) >= 11 is 0. The molecule has 0 bridgehead atoms. The second-order valence-electron chi connectivity index (χ2n) is 5.25. The minimum absolute atomic E-state index is 0.479. The standard InChI is InChI=1S/C16H24N2/c1-4-10-17-11-12-18(14(2)3)16(17)13-15-8-6-5-7-9-15/h5-9,11-12,14,16H,4,10,13H2,1-3H3. The van der Waals surface area contributed by atoms with Gasteiger partial charge < -0.3 is 9.80 Å². The molecular weight excluding hydrogens is 220 g/mol. The minimum Gasteiger partial charge on any atom is -0.356 e. The average molecular weight is 244 g/mol. The van der Waals surface area contributed by atoms with Crippen LogP contribution in [0.5, 0.6) is 0 Å². The number of nitrogens with zero attached hydrogens (tertiary/aromatic N) is 2. The lowest BCUT2D eigenvalue weighted by atomic mass is 10.1. The van der Waals surface area contributed by atoms with Gasteiger partial charge in [-0.3, -0.25) is 0 Å². The Balaban J connectivity index is 2.10. The van der Waals surface area contributed by atoms with Crippen LogP contribution in [0, 0.1) is 0 Å². The maximum Gasteiger partial charge on any atom is 0.105 e. The van der Waals surface area contributed by atoms with Crippen LogP contribution in [-0.2, 0) is 6.42 Å². The molecule has 2 nitrogen and oxygen atoms in total. The van der Waals surface area contributed by atoms with Gasteiger partial charge in [0.05, 0.1) is 0 Å². The zero-order valence-corrected chi connectivity index (χ0v) is 11.7. The third-order valence-electron chi connectivity index (χ3n) is 3.50. The van der Waals surface area contributed by atoms with Gasteiger partial charge in [-0.05, 0) is 25.8 Å². The summed E-state index contributed by atoms with van der Waals surface area (Å²) < 4.78 is 0. The summed E-state index contributed by atoms with van der Waals surface area (Å²) in [6.45, 7) is 7.90. The Morgan fingerprint density at radius 1 is 1.11 bits per heavy atom. The van der Waals surface area contributed by atoms with Gasteiger partial charge in [-0.1, -0.05) is 37.3 Å². The lowest BCUT2D eigenvalue weighted by Crippen LogP contribution is -2.43. The average Bonchev–Trinajstić information content (AvgIpc) is 2.74. The van der Waals surface area contributed by atoms with Crippen molar-refractivity contribution < 1.29 is 0 Å². The van der Waals surface area contributed by atoms with Crippen molar-refractivity contribution in [2.24, 2.45) is 0 Å². The van der Waals surface area contributed by atoms with Crippen molar-refractivity contribution in [2.45, 2.75) is 45.8 Å². The van der Waals surface area contributed by atoms with Crippen molar-refractivity contribution in [3.8, 4) is 0 Å². The number of hydrogen-bond acceptors (Lipinski definition) is 2. The van der Waals surface area contributed by atoms with Crippen molar-refractivity contribution in [3.05, 3.63) is 48.3 Å². The van der Waals surface area contributed by atoms with E-state index in [0.29, 0.717) is 12.2 Å². The smallest absolute Gasteiger partial charge is 0.105 e. The Labute approximate surface area is 111 Å². The quantitative estimate of drug-likeness (QED) is 0.782. The first-order valence-electron chi connectivity index (χ1n) is 6.97. The van der Waals surface area contributed by atoms with Gasteiger partial charge in [0.25, 0.3) is 0 Å². The third-order valence-corrected chi connectivity index (χ3v) is 3.50. The van der Waals surface area contributed by atoms with Crippen LogP contribution in [-0.4, -0.2) is 28.6 Å². The number of hydrogen-bond donors (Lipinski definition) is 0. The molecule has 0 saturated carbocycles. The molecule has 0 aliphatic carbocycles. The van der Waals surface area contributed by atoms with E-state index in [1.807, 2.05) is 0 Å². The first-order valence-corrected chi connectivity index (χ1v) is 6.97. The SMILES string of the molecule is CCCN1C=CN(C(C)C)C1Cc1ccccc1. The molecule has 2 heteroatoms. The van der Waals surface area contributed by atoms with Crippen LogP contribution in [0.25, 0.3) is 0 Å². The highest BCUT2D eigenvalue weighted by atomic mass is 15.4. The Morgan fingerprint density at radius 3 is 2.44 bits per heavy atom. The van der Waals surface area contributed by atoms with Gasteiger partial charge in [-0.25, -0.2) is 0 Å². The largest absolute Gasteiger partial charge is 0.356 e. The van der Waals surface area contributed by atoms with E-state index in [4.69, 9.17) is 0 Å². The van der Waals surface area contributed by atoms with Crippen molar-refractivity contribution in [3.63, 3.8) is 0 Å². The van der Waals surface area contributed by atoms with E-state index in [9.17, 15) is 0 Å². The molecule has 1 unspecified atom stereocenters. The molecule has 1 aromatic rings. The van der Waals surface area contributed by atoms with Crippen molar-refractivity contribution in [1.82, 2.24) is 9.80 Å². The molecule has 0 spiro atoms. The lowest BCUT2D eigenvalue weighted by Gasteiger charge is -2.35. The Morgan fingerprint density at radius 2 is 1.83 bits per heavy atom. The molecule has 0 fully saturated rings. The molecule has 0 N–H and O–H groups in total. The van der Waals surface area contributed by atoms with E-state index in [1.54, 1.807) is 0 Å². The number of rotatable bonds is 5. The molecule has 18 heavy (non-hydrogen) atoms. The Hall–Kier alpha value is -1.44. The van der Waals surface area contributed by atoms with Gasteiger partial charge in [0, 0.05) is 31.4 Å². The molecule has 0 aromatic heterocycles. The fraction of sp³-hybridized carbons (Fsp3) is 0.500. The van der Waals surface area contributed by atoms with Gasteiger partial charge in [-0.15, -0.1) is 0 Å². The van der Waals surface area contributed by atoms with Crippen LogP contribution in [0.1, 0.15) is 32.8 Å². The molecule has 0 radical (unpaired) electrons. The molecule has 1 atom stereocenters. The first-order chi connectivity index (χ1) is 8.72. The molecule has 0 saturated heterocycles.